The standard InChI is InChI=1S/C27H30BF2NO3/c1-3-20-8-12-22(13-9-20)26-25(33-28(29,30)34-27(26)23-14-15-23)7-5-4-6-21-10-16-24(17-11-21)31(2)18-19-32/h4-13,16-17,23,32H,3,14-15,18-19H2,1-2H3/b5-4+,21-6?,25-7-,31-24?. The van der Waals surface area contributed by atoms with Gasteiger partial charge in [-0.3, -0.25) is 0 Å². The lowest BCUT2D eigenvalue weighted by atomic mass is 9.95. The van der Waals surface area contributed by atoms with Gasteiger partial charge in [0.25, 0.3) is 0 Å². The Morgan fingerprint density at radius 3 is 2.32 bits per heavy atom. The van der Waals surface area contributed by atoms with E-state index in [1.54, 1.807) is 18.2 Å². The van der Waals surface area contributed by atoms with Gasteiger partial charge in [0.1, 0.15) is 13.7 Å². The van der Waals surface area contributed by atoms with Crippen molar-refractivity contribution >= 4 is 18.4 Å². The van der Waals surface area contributed by atoms with Gasteiger partial charge in [-0.05, 0) is 54.2 Å². The van der Waals surface area contributed by atoms with E-state index < -0.39 is 7.11 Å². The maximum Gasteiger partial charge on any atom is 0.725 e. The van der Waals surface area contributed by atoms with E-state index in [4.69, 9.17) is 14.4 Å². The lowest BCUT2D eigenvalue weighted by Crippen LogP contribution is -2.36. The molecule has 4 rings (SSSR count). The van der Waals surface area contributed by atoms with Crippen LogP contribution in [-0.4, -0.2) is 42.7 Å². The van der Waals surface area contributed by atoms with Crippen LogP contribution in [0.15, 0.2) is 90.0 Å². The minimum atomic E-state index is -4.40. The van der Waals surface area contributed by atoms with Gasteiger partial charge in [0.2, 0.25) is 0 Å². The molecule has 0 atom stereocenters. The van der Waals surface area contributed by atoms with Crippen molar-refractivity contribution in [1.29, 1.82) is 0 Å². The SMILES string of the molecule is CCc1ccc(C2=C(C3CC3)O[B-](F)(F)O/C2=C\C=C\C=C2C=CC(=[N+](C)CCO)C=C2)cc1. The highest BCUT2D eigenvalue weighted by molar-refractivity contribution is 6.53. The fraction of sp³-hybridized carbons (Fsp3) is 0.296. The fourth-order valence-corrected chi connectivity index (χ4v) is 3.95. The third kappa shape index (κ3) is 5.83. The Bertz CT molecular complexity index is 1120. The fourth-order valence-electron chi connectivity index (χ4n) is 3.95. The van der Waals surface area contributed by atoms with Crippen molar-refractivity contribution in [2.24, 2.45) is 5.92 Å². The first-order valence-corrected chi connectivity index (χ1v) is 11.8. The normalized spacial score (nSPS) is 20.7. The molecule has 34 heavy (non-hydrogen) atoms. The predicted molar refractivity (Wildman–Crippen MR) is 132 cm³/mol. The number of aliphatic hydroxyl groups is 1. The molecule has 1 aliphatic heterocycles. The van der Waals surface area contributed by atoms with Gasteiger partial charge in [-0.15, -0.1) is 0 Å². The number of likely N-dealkylation sites (N-methyl/N-ethyl adjacent to an activating group) is 1. The molecule has 4 nitrogen and oxygen atoms in total. The number of aliphatic hydroxyl groups excluding tert-OH is 1. The molecule has 1 aromatic rings. The summed E-state index contributed by atoms with van der Waals surface area (Å²) in [5, 5.41) is 9.07. The molecule has 0 unspecified atom stereocenters. The number of halogens is 2. The Kier molecular flexibility index (Phi) is 7.32. The van der Waals surface area contributed by atoms with Crippen molar-refractivity contribution < 1.29 is 27.6 Å². The number of hydrogen-bond acceptors (Lipinski definition) is 3. The molecule has 1 N–H and O–H groups in total. The maximum atomic E-state index is 14.3. The molecule has 2 aliphatic carbocycles. The summed E-state index contributed by atoms with van der Waals surface area (Å²) < 4.78 is 40.7. The molecule has 0 spiro atoms. The second-order valence-electron chi connectivity index (χ2n) is 8.65. The minimum absolute atomic E-state index is 0.0129. The summed E-state index contributed by atoms with van der Waals surface area (Å²) >= 11 is 0. The molecule has 178 valence electrons. The number of rotatable bonds is 7. The molecule has 7 heteroatoms. The average molecular weight is 465 g/mol. The topological polar surface area (TPSA) is 41.7 Å². The van der Waals surface area contributed by atoms with Crippen molar-refractivity contribution in [1.82, 2.24) is 0 Å². The Hall–Kier alpha value is -3.19. The van der Waals surface area contributed by atoms with Crippen molar-refractivity contribution in [3.8, 4) is 0 Å². The number of aryl methyl sites for hydroxylation is 1. The van der Waals surface area contributed by atoms with Gasteiger partial charge in [-0.25, -0.2) is 4.58 Å². The van der Waals surface area contributed by atoms with Gasteiger partial charge in [0.05, 0.1) is 17.1 Å². The highest BCUT2D eigenvalue weighted by Crippen LogP contribution is 2.48. The average Bonchev–Trinajstić information content (AvgIpc) is 3.67. The molecule has 0 aromatic heterocycles. The van der Waals surface area contributed by atoms with Crippen LogP contribution in [0, 0.1) is 5.92 Å². The molecule has 1 fully saturated rings. The van der Waals surface area contributed by atoms with Crippen LogP contribution in [0.4, 0.5) is 8.63 Å². The molecular weight excluding hydrogens is 435 g/mol. The van der Waals surface area contributed by atoms with Crippen LogP contribution in [0.3, 0.4) is 0 Å². The van der Waals surface area contributed by atoms with Gasteiger partial charge in [0, 0.05) is 18.1 Å². The zero-order valence-corrected chi connectivity index (χ0v) is 19.6. The van der Waals surface area contributed by atoms with Crippen molar-refractivity contribution in [3.63, 3.8) is 0 Å². The summed E-state index contributed by atoms with van der Waals surface area (Å²) in [5.41, 5.74) is 4.59. The summed E-state index contributed by atoms with van der Waals surface area (Å²) in [6, 6.07) is 7.90. The summed E-state index contributed by atoms with van der Waals surface area (Å²) in [5.74, 6) is 0.485. The van der Waals surface area contributed by atoms with Gasteiger partial charge >= 0.3 is 7.11 Å². The first-order valence-electron chi connectivity index (χ1n) is 11.8. The lowest BCUT2D eigenvalue weighted by Gasteiger charge is -2.38. The van der Waals surface area contributed by atoms with Crippen LogP contribution in [0.1, 0.15) is 30.9 Å². The first-order chi connectivity index (χ1) is 16.4. The van der Waals surface area contributed by atoms with Crippen LogP contribution in [-0.2, 0) is 15.7 Å². The Balaban J connectivity index is 1.60. The Morgan fingerprint density at radius 1 is 1.03 bits per heavy atom. The molecule has 1 heterocycles. The van der Waals surface area contributed by atoms with Gasteiger partial charge in [-0.1, -0.05) is 49.4 Å². The van der Waals surface area contributed by atoms with Crippen molar-refractivity contribution in [2.75, 3.05) is 20.2 Å². The van der Waals surface area contributed by atoms with E-state index in [1.165, 1.54) is 5.56 Å². The molecule has 0 amide bonds. The van der Waals surface area contributed by atoms with E-state index in [1.807, 2.05) is 66.3 Å². The third-order valence-corrected chi connectivity index (χ3v) is 6.04. The van der Waals surface area contributed by atoms with Crippen LogP contribution in [0.25, 0.3) is 5.57 Å². The van der Waals surface area contributed by atoms with Crippen LogP contribution >= 0.6 is 0 Å². The van der Waals surface area contributed by atoms with Gasteiger partial charge in [-0.2, -0.15) is 0 Å². The second kappa shape index (κ2) is 10.4. The van der Waals surface area contributed by atoms with Gasteiger partial charge in [0.15, 0.2) is 12.3 Å². The summed E-state index contributed by atoms with van der Waals surface area (Å²) in [6.45, 7) is 2.73. The largest absolute Gasteiger partial charge is 0.725 e. The van der Waals surface area contributed by atoms with E-state index in [-0.39, 0.29) is 18.3 Å². The number of benzene rings is 1. The van der Waals surface area contributed by atoms with Crippen molar-refractivity contribution in [2.45, 2.75) is 26.2 Å². The van der Waals surface area contributed by atoms with E-state index in [9.17, 15) is 8.63 Å². The zero-order chi connectivity index (χ0) is 24.1. The maximum absolute atomic E-state index is 14.3. The molecule has 1 saturated carbocycles. The summed E-state index contributed by atoms with van der Waals surface area (Å²) in [4.78, 5) is 0. The Morgan fingerprint density at radius 2 is 1.71 bits per heavy atom. The molecule has 1 aromatic carbocycles. The second-order valence-corrected chi connectivity index (χ2v) is 8.65. The monoisotopic (exact) mass is 465 g/mol. The molecule has 3 aliphatic rings. The van der Waals surface area contributed by atoms with Crippen LogP contribution in [0.5, 0.6) is 0 Å². The third-order valence-electron chi connectivity index (χ3n) is 6.04. The quantitative estimate of drug-likeness (QED) is 0.436. The van der Waals surface area contributed by atoms with E-state index in [2.05, 4.69) is 6.92 Å². The number of nitrogens with zero attached hydrogens (tertiary/aromatic N) is 1. The zero-order valence-electron chi connectivity index (χ0n) is 19.6. The van der Waals surface area contributed by atoms with E-state index in [0.717, 1.165) is 36.1 Å². The minimum Gasteiger partial charge on any atom is -0.630 e. The van der Waals surface area contributed by atoms with Crippen LogP contribution in [0.2, 0.25) is 0 Å². The highest BCUT2D eigenvalue weighted by atomic mass is 19.3. The highest BCUT2D eigenvalue weighted by Gasteiger charge is 2.44. The predicted octanol–water partition coefficient (Wildman–Crippen LogP) is 5.36. The molecule has 0 bridgehead atoms. The molecular formula is C27H30BF2NO3. The summed E-state index contributed by atoms with van der Waals surface area (Å²) in [6.07, 6.45) is 17.5. The smallest absolute Gasteiger partial charge is 0.630 e. The van der Waals surface area contributed by atoms with Crippen molar-refractivity contribution in [3.05, 3.63) is 101 Å². The number of allylic oxidation sites excluding steroid dienone is 11. The van der Waals surface area contributed by atoms with E-state index >= 15 is 0 Å². The molecule has 0 radical (unpaired) electrons. The van der Waals surface area contributed by atoms with E-state index in [0.29, 0.717) is 17.9 Å². The number of hydrogen-bond donors (Lipinski definition) is 1. The molecule has 0 saturated heterocycles. The van der Waals surface area contributed by atoms with Crippen LogP contribution < -0.4 is 0 Å². The van der Waals surface area contributed by atoms with Gasteiger partial charge < -0.3 is 23.0 Å². The lowest BCUT2D eigenvalue weighted by molar-refractivity contribution is -0.498. The Labute approximate surface area is 199 Å². The summed E-state index contributed by atoms with van der Waals surface area (Å²) in [7, 11) is -2.48. The first kappa shape index (κ1) is 24.0.